The van der Waals surface area contributed by atoms with Crippen LogP contribution in [-0.4, -0.2) is 9.55 Å². The zero-order valence-corrected chi connectivity index (χ0v) is 8.88. The lowest BCUT2D eigenvalue weighted by molar-refractivity contribution is 0.999. The third kappa shape index (κ3) is 1.76. The van der Waals surface area contributed by atoms with Gasteiger partial charge in [-0.2, -0.15) is 0 Å². The second kappa shape index (κ2) is 3.52. The van der Waals surface area contributed by atoms with Gasteiger partial charge in [-0.1, -0.05) is 11.6 Å². The van der Waals surface area contributed by atoms with Gasteiger partial charge in [0.1, 0.15) is 0 Å². The van der Waals surface area contributed by atoms with Crippen LogP contribution in [0.4, 0.5) is 0 Å². The Morgan fingerprint density at radius 1 is 1.54 bits per heavy atom. The minimum Gasteiger partial charge on any atom is -0.297 e. The van der Waals surface area contributed by atoms with Crippen LogP contribution in [0.5, 0.6) is 0 Å². The van der Waals surface area contributed by atoms with E-state index in [9.17, 15) is 0 Å². The Bertz CT molecular complexity index is 425. The number of nitrogens with zero attached hydrogens (tertiary/aromatic N) is 2. The first-order valence-corrected chi connectivity index (χ1v) is 4.81. The largest absolute Gasteiger partial charge is 0.297 e. The lowest BCUT2D eigenvalue weighted by Crippen LogP contribution is -1.94. The average molecular weight is 257 g/mol. The molecule has 2 nitrogen and oxygen atoms in total. The van der Waals surface area contributed by atoms with E-state index >= 15 is 0 Å². The Labute approximate surface area is 89.3 Å². The van der Waals surface area contributed by atoms with Crippen LogP contribution in [0.25, 0.3) is 5.82 Å². The Morgan fingerprint density at radius 3 is 3.00 bits per heavy atom. The molecule has 0 saturated carbocycles. The van der Waals surface area contributed by atoms with Crippen LogP contribution in [0, 0.1) is 6.20 Å². The summed E-state index contributed by atoms with van der Waals surface area (Å²) < 4.78 is 2.70. The van der Waals surface area contributed by atoms with E-state index in [-0.39, 0.29) is 0 Å². The molecular weight excluding hydrogens is 251 g/mol. The van der Waals surface area contributed by atoms with Gasteiger partial charge in [0.2, 0.25) is 0 Å². The first-order valence-electron chi connectivity index (χ1n) is 3.64. The highest BCUT2D eigenvalue weighted by molar-refractivity contribution is 9.10. The monoisotopic (exact) mass is 255 g/mol. The fraction of sp³-hybridized carbons (Fsp3) is 0. The van der Waals surface area contributed by atoms with Crippen molar-refractivity contribution in [3.8, 4) is 5.82 Å². The maximum absolute atomic E-state index is 5.95. The van der Waals surface area contributed by atoms with Crippen molar-refractivity contribution in [1.82, 2.24) is 9.55 Å². The minimum absolute atomic E-state index is 0.613. The molecule has 0 bridgehead atoms. The molecule has 4 heteroatoms. The highest BCUT2D eigenvalue weighted by Crippen LogP contribution is 2.19. The summed E-state index contributed by atoms with van der Waals surface area (Å²) in [6.07, 6.45) is 6.54. The second-order valence-electron chi connectivity index (χ2n) is 2.47. The van der Waals surface area contributed by atoms with Gasteiger partial charge in [0.25, 0.3) is 0 Å². The lowest BCUT2D eigenvalue weighted by Gasteiger charge is -2.01. The van der Waals surface area contributed by atoms with Gasteiger partial charge < -0.3 is 0 Å². The number of hydrogen-bond acceptors (Lipinski definition) is 1. The zero-order valence-electron chi connectivity index (χ0n) is 6.54. The molecular formula is C9H5BrClN2. The van der Waals surface area contributed by atoms with Crippen molar-refractivity contribution in [3.05, 3.63) is 46.3 Å². The van der Waals surface area contributed by atoms with E-state index in [1.54, 1.807) is 22.9 Å². The van der Waals surface area contributed by atoms with Crippen molar-refractivity contribution in [3.63, 3.8) is 0 Å². The van der Waals surface area contributed by atoms with Crippen LogP contribution >= 0.6 is 27.5 Å². The maximum atomic E-state index is 5.95. The van der Waals surface area contributed by atoms with Crippen molar-refractivity contribution < 1.29 is 0 Å². The SMILES string of the molecule is Clc1cccnc1-n1[c]cc(Br)c1. The summed E-state index contributed by atoms with van der Waals surface area (Å²) >= 11 is 9.28. The van der Waals surface area contributed by atoms with Gasteiger partial charge in [-0.25, -0.2) is 4.98 Å². The van der Waals surface area contributed by atoms with E-state index in [1.807, 2.05) is 12.3 Å². The predicted molar refractivity (Wildman–Crippen MR) is 55.1 cm³/mol. The first kappa shape index (κ1) is 8.78. The standard InChI is InChI=1S/C9H5BrClN2/c10-7-3-5-13(6-7)9-8(11)2-1-4-12-9/h1-4,6H. The Morgan fingerprint density at radius 2 is 2.38 bits per heavy atom. The van der Waals surface area contributed by atoms with E-state index in [4.69, 9.17) is 11.6 Å². The van der Waals surface area contributed by atoms with Crippen LogP contribution in [0.2, 0.25) is 5.02 Å². The van der Waals surface area contributed by atoms with Crippen molar-refractivity contribution in [2.24, 2.45) is 0 Å². The molecule has 0 amide bonds. The average Bonchev–Trinajstić information content (AvgIpc) is 2.53. The molecule has 2 aromatic rings. The molecule has 0 saturated heterocycles. The molecule has 0 spiro atoms. The Balaban J connectivity index is 2.52. The van der Waals surface area contributed by atoms with Crippen molar-refractivity contribution in [2.45, 2.75) is 0 Å². The number of aromatic nitrogens is 2. The quantitative estimate of drug-likeness (QED) is 0.767. The highest BCUT2D eigenvalue weighted by Gasteiger charge is 2.02. The molecule has 0 N–H and O–H groups in total. The van der Waals surface area contributed by atoms with E-state index in [0.717, 1.165) is 4.47 Å². The van der Waals surface area contributed by atoms with Gasteiger partial charge in [0.15, 0.2) is 5.82 Å². The van der Waals surface area contributed by atoms with E-state index < -0.39 is 0 Å². The molecule has 0 fully saturated rings. The Hall–Kier alpha value is -0.800. The normalized spacial score (nSPS) is 10.3. The number of hydrogen-bond donors (Lipinski definition) is 0. The fourth-order valence-corrected chi connectivity index (χ4v) is 1.53. The summed E-state index contributed by atoms with van der Waals surface area (Å²) in [5, 5.41) is 0.613. The summed E-state index contributed by atoms with van der Waals surface area (Å²) in [6.45, 7) is 0. The van der Waals surface area contributed by atoms with Gasteiger partial charge in [-0.05, 0) is 34.1 Å². The summed E-state index contributed by atoms with van der Waals surface area (Å²) in [6, 6.07) is 5.40. The molecule has 0 unspecified atom stereocenters. The summed E-state index contributed by atoms with van der Waals surface area (Å²) in [5.74, 6) is 0.690. The molecule has 13 heavy (non-hydrogen) atoms. The Kier molecular flexibility index (Phi) is 2.38. The molecule has 2 rings (SSSR count). The van der Waals surface area contributed by atoms with Crippen LogP contribution in [0.1, 0.15) is 0 Å². The van der Waals surface area contributed by atoms with Crippen LogP contribution in [0.15, 0.2) is 35.1 Å². The lowest BCUT2D eigenvalue weighted by atomic mass is 10.4. The van der Waals surface area contributed by atoms with Crippen LogP contribution < -0.4 is 0 Å². The van der Waals surface area contributed by atoms with Gasteiger partial charge in [0.05, 0.1) is 11.2 Å². The number of halogens is 2. The van der Waals surface area contributed by atoms with Gasteiger partial charge in [-0.15, -0.1) is 0 Å². The van der Waals surface area contributed by atoms with E-state index in [2.05, 4.69) is 27.1 Å². The van der Waals surface area contributed by atoms with E-state index in [0.29, 0.717) is 10.8 Å². The van der Waals surface area contributed by atoms with Crippen molar-refractivity contribution >= 4 is 27.5 Å². The third-order valence-electron chi connectivity index (χ3n) is 1.56. The first-order chi connectivity index (χ1) is 6.27. The molecule has 0 aliphatic carbocycles. The predicted octanol–water partition coefficient (Wildman–Crippen LogP) is 3.09. The van der Waals surface area contributed by atoms with E-state index in [1.165, 1.54) is 0 Å². The second-order valence-corrected chi connectivity index (χ2v) is 3.79. The van der Waals surface area contributed by atoms with Gasteiger partial charge in [0, 0.05) is 16.9 Å². The summed E-state index contributed by atoms with van der Waals surface area (Å²) in [7, 11) is 0. The smallest absolute Gasteiger partial charge is 0.155 e. The molecule has 0 aliphatic heterocycles. The molecule has 0 aromatic carbocycles. The molecule has 65 valence electrons. The summed E-state index contributed by atoms with van der Waals surface area (Å²) in [4.78, 5) is 4.14. The van der Waals surface area contributed by atoms with Crippen molar-refractivity contribution in [1.29, 1.82) is 0 Å². The number of pyridine rings is 1. The van der Waals surface area contributed by atoms with Gasteiger partial charge in [-0.3, -0.25) is 4.57 Å². The number of rotatable bonds is 1. The highest BCUT2D eigenvalue weighted by atomic mass is 79.9. The van der Waals surface area contributed by atoms with Crippen LogP contribution in [-0.2, 0) is 0 Å². The molecule has 1 radical (unpaired) electrons. The zero-order chi connectivity index (χ0) is 9.26. The topological polar surface area (TPSA) is 17.8 Å². The fourth-order valence-electron chi connectivity index (χ4n) is 1.01. The third-order valence-corrected chi connectivity index (χ3v) is 2.29. The van der Waals surface area contributed by atoms with Crippen LogP contribution in [0.3, 0.4) is 0 Å². The molecule has 2 heterocycles. The summed E-state index contributed by atoms with van der Waals surface area (Å²) in [5.41, 5.74) is 0. The van der Waals surface area contributed by atoms with Gasteiger partial charge >= 0.3 is 0 Å². The molecule has 0 atom stereocenters. The molecule has 0 aliphatic rings. The molecule has 2 aromatic heterocycles. The minimum atomic E-state index is 0.613. The van der Waals surface area contributed by atoms with Crippen molar-refractivity contribution in [2.75, 3.05) is 0 Å². The maximum Gasteiger partial charge on any atom is 0.155 e.